The Labute approximate surface area is 177 Å². The molecule has 160 valence electrons. The molecular formula is C18H34F3IN4O. The summed E-state index contributed by atoms with van der Waals surface area (Å²) in [6.07, 6.45) is 4.28. The topological polar surface area (TPSA) is 48.9 Å². The molecule has 0 aromatic carbocycles. The van der Waals surface area contributed by atoms with Gasteiger partial charge in [-0.1, -0.05) is 19.3 Å². The standard InChI is InChI=1S/C18H33F3N4O.HI/c1-22-17(23-9-5-11-26-16-6-3-2-4-7-16)24-12-15-8-10-25(13-15)14-18(19,20)21;/h15-16H,2-14H2,1H3,(H2,22,23,24);1H. The first-order chi connectivity index (χ1) is 12.5. The van der Waals surface area contributed by atoms with Crippen LogP contribution in [0.2, 0.25) is 0 Å². The van der Waals surface area contributed by atoms with Gasteiger partial charge in [-0.3, -0.25) is 9.89 Å². The average molecular weight is 506 g/mol. The van der Waals surface area contributed by atoms with E-state index in [1.54, 1.807) is 7.05 Å². The molecular weight excluding hydrogens is 472 g/mol. The molecule has 1 aliphatic carbocycles. The van der Waals surface area contributed by atoms with E-state index < -0.39 is 12.7 Å². The number of hydrogen-bond acceptors (Lipinski definition) is 3. The highest BCUT2D eigenvalue weighted by Crippen LogP contribution is 2.22. The molecule has 0 radical (unpaired) electrons. The molecule has 1 atom stereocenters. The van der Waals surface area contributed by atoms with Gasteiger partial charge in [0.05, 0.1) is 12.6 Å². The summed E-state index contributed by atoms with van der Waals surface area (Å²) >= 11 is 0. The molecule has 1 unspecified atom stereocenters. The predicted molar refractivity (Wildman–Crippen MR) is 113 cm³/mol. The molecule has 9 heteroatoms. The van der Waals surface area contributed by atoms with Crippen LogP contribution in [0.1, 0.15) is 44.9 Å². The molecule has 0 spiro atoms. The maximum atomic E-state index is 12.4. The summed E-state index contributed by atoms with van der Waals surface area (Å²) in [5.41, 5.74) is 0. The van der Waals surface area contributed by atoms with Crippen LogP contribution < -0.4 is 10.6 Å². The number of nitrogens with zero attached hydrogens (tertiary/aromatic N) is 2. The van der Waals surface area contributed by atoms with E-state index in [2.05, 4.69) is 15.6 Å². The Morgan fingerprint density at radius 3 is 2.56 bits per heavy atom. The van der Waals surface area contributed by atoms with E-state index in [0.29, 0.717) is 31.7 Å². The van der Waals surface area contributed by atoms with E-state index >= 15 is 0 Å². The maximum Gasteiger partial charge on any atom is 0.401 e. The first kappa shape index (κ1) is 24.7. The van der Waals surface area contributed by atoms with Crippen molar-refractivity contribution in [1.29, 1.82) is 0 Å². The van der Waals surface area contributed by atoms with Gasteiger partial charge in [-0.2, -0.15) is 13.2 Å². The van der Waals surface area contributed by atoms with Gasteiger partial charge in [0.2, 0.25) is 0 Å². The van der Waals surface area contributed by atoms with Gasteiger partial charge in [-0.15, -0.1) is 24.0 Å². The second kappa shape index (κ2) is 13.0. The van der Waals surface area contributed by atoms with Crippen molar-refractivity contribution in [2.24, 2.45) is 10.9 Å². The molecule has 0 aromatic rings. The van der Waals surface area contributed by atoms with Gasteiger partial charge in [-0.25, -0.2) is 0 Å². The van der Waals surface area contributed by atoms with Crippen LogP contribution in [0.5, 0.6) is 0 Å². The quantitative estimate of drug-likeness (QED) is 0.230. The zero-order valence-corrected chi connectivity index (χ0v) is 18.5. The van der Waals surface area contributed by atoms with E-state index in [9.17, 15) is 13.2 Å². The number of nitrogens with one attached hydrogen (secondary N) is 2. The van der Waals surface area contributed by atoms with Gasteiger partial charge in [-0.05, 0) is 38.1 Å². The number of likely N-dealkylation sites (tertiary alicyclic amines) is 1. The summed E-state index contributed by atoms with van der Waals surface area (Å²) in [6.45, 7) is 2.36. The molecule has 2 rings (SSSR count). The van der Waals surface area contributed by atoms with Crippen molar-refractivity contribution < 1.29 is 17.9 Å². The summed E-state index contributed by atoms with van der Waals surface area (Å²) in [7, 11) is 1.71. The first-order valence-corrected chi connectivity index (χ1v) is 9.81. The minimum Gasteiger partial charge on any atom is -0.378 e. The second-order valence-electron chi connectivity index (χ2n) is 7.37. The highest BCUT2D eigenvalue weighted by molar-refractivity contribution is 14.0. The largest absolute Gasteiger partial charge is 0.401 e. The highest BCUT2D eigenvalue weighted by atomic mass is 127. The lowest BCUT2D eigenvalue weighted by Gasteiger charge is -2.22. The lowest BCUT2D eigenvalue weighted by Crippen LogP contribution is -2.41. The van der Waals surface area contributed by atoms with E-state index in [-0.39, 0.29) is 29.9 Å². The highest BCUT2D eigenvalue weighted by Gasteiger charge is 2.34. The summed E-state index contributed by atoms with van der Waals surface area (Å²) in [5, 5.41) is 6.47. The van der Waals surface area contributed by atoms with Crippen LogP contribution in [0, 0.1) is 5.92 Å². The summed E-state index contributed by atoms with van der Waals surface area (Å²) < 4.78 is 43.2. The Morgan fingerprint density at radius 2 is 1.89 bits per heavy atom. The van der Waals surface area contributed by atoms with E-state index in [0.717, 1.165) is 26.0 Å². The van der Waals surface area contributed by atoms with Gasteiger partial charge >= 0.3 is 6.18 Å². The van der Waals surface area contributed by atoms with Crippen molar-refractivity contribution in [2.45, 2.75) is 57.2 Å². The van der Waals surface area contributed by atoms with E-state index in [1.807, 2.05) is 0 Å². The smallest absolute Gasteiger partial charge is 0.378 e. The summed E-state index contributed by atoms with van der Waals surface area (Å²) in [5.74, 6) is 0.933. The molecule has 1 saturated carbocycles. The van der Waals surface area contributed by atoms with Crippen LogP contribution >= 0.6 is 24.0 Å². The molecule has 27 heavy (non-hydrogen) atoms. The predicted octanol–water partition coefficient (Wildman–Crippen LogP) is 3.39. The van der Waals surface area contributed by atoms with Crippen LogP contribution in [0.15, 0.2) is 4.99 Å². The van der Waals surface area contributed by atoms with Crippen LogP contribution in [-0.4, -0.2) is 69.5 Å². The van der Waals surface area contributed by atoms with Gasteiger partial charge < -0.3 is 15.4 Å². The number of alkyl halides is 3. The number of ether oxygens (including phenoxy) is 1. The van der Waals surface area contributed by atoms with Crippen molar-refractivity contribution in [2.75, 3.05) is 46.4 Å². The number of guanidine groups is 1. The van der Waals surface area contributed by atoms with E-state index in [1.165, 1.54) is 37.0 Å². The van der Waals surface area contributed by atoms with Crippen LogP contribution in [0.25, 0.3) is 0 Å². The molecule has 0 amide bonds. The number of hydrogen-bond donors (Lipinski definition) is 2. The van der Waals surface area contributed by atoms with Crippen molar-refractivity contribution in [3.63, 3.8) is 0 Å². The minimum absolute atomic E-state index is 0. The Bertz CT molecular complexity index is 431. The lowest BCUT2D eigenvalue weighted by molar-refractivity contribution is -0.143. The Hall–Kier alpha value is -0.290. The third-order valence-corrected chi connectivity index (χ3v) is 5.07. The Balaban J connectivity index is 0.00000364. The van der Waals surface area contributed by atoms with Gasteiger partial charge in [0, 0.05) is 33.3 Å². The van der Waals surface area contributed by atoms with Crippen molar-refractivity contribution in [3.8, 4) is 0 Å². The fourth-order valence-electron chi connectivity index (χ4n) is 3.70. The third kappa shape index (κ3) is 10.7. The number of aliphatic imine (C=N–C) groups is 1. The Morgan fingerprint density at radius 1 is 1.15 bits per heavy atom. The molecule has 2 fully saturated rings. The second-order valence-corrected chi connectivity index (χ2v) is 7.37. The molecule has 1 saturated heterocycles. The van der Waals surface area contributed by atoms with Gasteiger partial charge in [0.1, 0.15) is 0 Å². The molecule has 2 N–H and O–H groups in total. The van der Waals surface area contributed by atoms with Crippen LogP contribution in [0.3, 0.4) is 0 Å². The minimum atomic E-state index is -4.11. The molecule has 0 bridgehead atoms. The van der Waals surface area contributed by atoms with Crippen molar-refractivity contribution in [3.05, 3.63) is 0 Å². The van der Waals surface area contributed by atoms with E-state index in [4.69, 9.17) is 4.74 Å². The summed E-state index contributed by atoms with van der Waals surface area (Å²) in [4.78, 5) is 5.65. The SMILES string of the molecule is CN=C(NCCCOC1CCCCC1)NCC1CCN(CC(F)(F)F)C1.I. The van der Waals surface area contributed by atoms with Gasteiger partial charge in [0.25, 0.3) is 0 Å². The van der Waals surface area contributed by atoms with Crippen molar-refractivity contribution >= 4 is 29.9 Å². The first-order valence-electron chi connectivity index (χ1n) is 9.81. The normalized spacial score (nSPS) is 22.5. The molecule has 1 aliphatic heterocycles. The third-order valence-electron chi connectivity index (χ3n) is 5.07. The molecule has 0 aromatic heterocycles. The summed E-state index contributed by atoms with van der Waals surface area (Å²) in [6, 6.07) is 0. The zero-order chi connectivity index (χ0) is 18.8. The monoisotopic (exact) mass is 506 g/mol. The lowest BCUT2D eigenvalue weighted by atomic mass is 9.98. The average Bonchev–Trinajstić information content (AvgIpc) is 3.03. The zero-order valence-electron chi connectivity index (χ0n) is 16.2. The van der Waals surface area contributed by atoms with Gasteiger partial charge in [0.15, 0.2) is 5.96 Å². The molecule has 1 heterocycles. The fraction of sp³-hybridized carbons (Fsp3) is 0.944. The fourth-order valence-corrected chi connectivity index (χ4v) is 3.70. The number of halogens is 4. The van der Waals surface area contributed by atoms with Crippen LogP contribution in [-0.2, 0) is 4.74 Å². The number of rotatable bonds is 8. The molecule has 5 nitrogen and oxygen atoms in total. The maximum absolute atomic E-state index is 12.4. The van der Waals surface area contributed by atoms with Crippen molar-refractivity contribution in [1.82, 2.24) is 15.5 Å². The van der Waals surface area contributed by atoms with Crippen LogP contribution in [0.4, 0.5) is 13.2 Å². The Kier molecular flexibility index (Phi) is 11.9. The molecule has 2 aliphatic rings.